The molecule has 0 fully saturated rings. The van der Waals surface area contributed by atoms with Gasteiger partial charge in [-0.1, -0.05) is 13.8 Å². The molecule has 0 saturated carbocycles. The van der Waals surface area contributed by atoms with Crippen LogP contribution in [0.4, 0.5) is 0 Å². The van der Waals surface area contributed by atoms with E-state index < -0.39 is 0 Å². The van der Waals surface area contributed by atoms with Crippen molar-refractivity contribution in [2.45, 2.75) is 40.0 Å². The van der Waals surface area contributed by atoms with E-state index in [4.69, 9.17) is 0 Å². The lowest BCUT2D eigenvalue weighted by Crippen LogP contribution is -2.25. The van der Waals surface area contributed by atoms with Crippen LogP contribution in [-0.2, 0) is 9.59 Å². The summed E-state index contributed by atoms with van der Waals surface area (Å²) in [6, 6.07) is 0. The highest BCUT2D eigenvalue weighted by molar-refractivity contribution is 5.83. The molecule has 3 heteroatoms. The Balaban J connectivity index is 3.36. The van der Waals surface area contributed by atoms with Crippen molar-refractivity contribution in [2.75, 3.05) is 6.54 Å². The van der Waals surface area contributed by atoms with Gasteiger partial charge in [0.25, 0.3) is 0 Å². The fourth-order valence-corrected chi connectivity index (χ4v) is 0.878. The SMILES string of the molecule is CC(=O)CCC(=O)NCCC(C)C. The monoisotopic (exact) mass is 185 g/mol. The molecular weight excluding hydrogens is 166 g/mol. The zero-order chi connectivity index (χ0) is 10.3. The molecule has 0 aliphatic rings. The highest BCUT2D eigenvalue weighted by Gasteiger charge is 2.02. The van der Waals surface area contributed by atoms with Crippen LogP contribution in [0.3, 0.4) is 0 Å². The van der Waals surface area contributed by atoms with Crippen molar-refractivity contribution in [2.24, 2.45) is 5.92 Å². The van der Waals surface area contributed by atoms with E-state index in [2.05, 4.69) is 19.2 Å². The second-order valence-corrected chi connectivity index (χ2v) is 3.73. The Bertz CT molecular complexity index is 176. The van der Waals surface area contributed by atoms with Crippen LogP contribution in [0.25, 0.3) is 0 Å². The zero-order valence-electron chi connectivity index (χ0n) is 8.72. The standard InChI is InChI=1S/C10H19NO2/c1-8(2)6-7-11-10(13)5-4-9(3)12/h8H,4-7H2,1-3H3,(H,11,13). The number of ketones is 1. The van der Waals surface area contributed by atoms with Crippen LogP contribution in [0.15, 0.2) is 0 Å². The number of hydrogen-bond donors (Lipinski definition) is 1. The number of Topliss-reactive ketones (excluding diaryl/α,β-unsaturated/α-hetero) is 1. The molecular formula is C10H19NO2. The fourth-order valence-electron chi connectivity index (χ4n) is 0.878. The zero-order valence-corrected chi connectivity index (χ0v) is 8.72. The number of amides is 1. The van der Waals surface area contributed by atoms with Gasteiger partial charge in [0.2, 0.25) is 5.91 Å². The molecule has 0 rings (SSSR count). The van der Waals surface area contributed by atoms with Crippen molar-refractivity contribution in [1.82, 2.24) is 5.32 Å². The van der Waals surface area contributed by atoms with E-state index in [1.165, 1.54) is 6.92 Å². The van der Waals surface area contributed by atoms with Gasteiger partial charge in [-0.25, -0.2) is 0 Å². The van der Waals surface area contributed by atoms with Crippen molar-refractivity contribution in [3.05, 3.63) is 0 Å². The lowest BCUT2D eigenvalue weighted by molar-refractivity contribution is -0.124. The molecule has 3 nitrogen and oxygen atoms in total. The molecule has 0 radical (unpaired) electrons. The molecule has 0 aromatic heterocycles. The maximum Gasteiger partial charge on any atom is 0.220 e. The van der Waals surface area contributed by atoms with Gasteiger partial charge in [0.15, 0.2) is 0 Å². The van der Waals surface area contributed by atoms with E-state index in [0.29, 0.717) is 25.3 Å². The topological polar surface area (TPSA) is 46.2 Å². The van der Waals surface area contributed by atoms with E-state index in [-0.39, 0.29) is 11.7 Å². The molecule has 0 spiro atoms. The molecule has 0 atom stereocenters. The summed E-state index contributed by atoms with van der Waals surface area (Å²) >= 11 is 0. The number of rotatable bonds is 6. The van der Waals surface area contributed by atoms with E-state index in [9.17, 15) is 9.59 Å². The fraction of sp³-hybridized carbons (Fsp3) is 0.800. The van der Waals surface area contributed by atoms with Crippen LogP contribution in [0.5, 0.6) is 0 Å². The van der Waals surface area contributed by atoms with Crippen molar-refractivity contribution in [3.8, 4) is 0 Å². The lowest BCUT2D eigenvalue weighted by atomic mass is 10.1. The summed E-state index contributed by atoms with van der Waals surface area (Å²) in [5.74, 6) is 0.656. The average molecular weight is 185 g/mol. The van der Waals surface area contributed by atoms with Gasteiger partial charge >= 0.3 is 0 Å². The highest BCUT2D eigenvalue weighted by atomic mass is 16.2. The van der Waals surface area contributed by atoms with Crippen LogP contribution < -0.4 is 5.32 Å². The first-order valence-corrected chi connectivity index (χ1v) is 4.78. The van der Waals surface area contributed by atoms with E-state index in [1.807, 2.05) is 0 Å². The van der Waals surface area contributed by atoms with Crippen LogP contribution >= 0.6 is 0 Å². The van der Waals surface area contributed by atoms with Gasteiger partial charge < -0.3 is 10.1 Å². The summed E-state index contributed by atoms with van der Waals surface area (Å²) in [5.41, 5.74) is 0. The Labute approximate surface area is 79.9 Å². The minimum Gasteiger partial charge on any atom is -0.356 e. The maximum absolute atomic E-state index is 11.1. The first-order chi connectivity index (χ1) is 6.02. The molecule has 0 aliphatic heterocycles. The Kier molecular flexibility index (Phi) is 6.20. The van der Waals surface area contributed by atoms with Crippen LogP contribution in [0.1, 0.15) is 40.0 Å². The summed E-state index contributed by atoms with van der Waals surface area (Å²) in [6.45, 7) is 6.44. The minimum absolute atomic E-state index is 0.0177. The van der Waals surface area contributed by atoms with Crippen molar-refractivity contribution in [3.63, 3.8) is 0 Å². The van der Waals surface area contributed by atoms with Crippen molar-refractivity contribution < 1.29 is 9.59 Å². The number of carbonyl (C=O) groups excluding carboxylic acids is 2. The summed E-state index contributed by atoms with van der Waals surface area (Å²) in [6.07, 6.45) is 1.67. The average Bonchev–Trinajstić information content (AvgIpc) is 2.00. The molecule has 1 N–H and O–H groups in total. The quantitative estimate of drug-likeness (QED) is 0.682. The molecule has 13 heavy (non-hydrogen) atoms. The Hall–Kier alpha value is -0.860. The Morgan fingerprint density at radius 3 is 2.31 bits per heavy atom. The van der Waals surface area contributed by atoms with Gasteiger partial charge in [-0.2, -0.15) is 0 Å². The first-order valence-electron chi connectivity index (χ1n) is 4.78. The minimum atomic E-state index is -0.0177. The second kappa shape index (κ2) is 6.63. The van der Waals surface area contributed by atoms with E-state index in [0.717, 1.165) is 6.42 Å². The van der Waals surface area contributed by atoms with Gasteiger partial charge in [-0.15, -0.1) is 0 Å². The molecule has 76 valence electrons. The van der Waals surface area contributed by atoms with Crippen LogP contribution in [-0.4, -0.2) is 18.2 Å². The summed E-state index contributed by atoms with van der Waals surface area (Å²) in [4.78, 5) is 21.6. The normalized spacial score (nSPS) is 10.2. The van der Waals surface area contributed by atoms with E-state index in [1.54, 1.807) is 0 Å². The maximum atomic E-state index is 11.1. The predicted octanol–water partition coefficient (Wildman–Crippen LogP) is 1.52. The molecule has 0 aromatic carbocycles. The smallest absolute Gasteiger partial charge is 0.220 e. The lowest BCUT2D eigenvalue weighted by Gasteiger charge is -2.06. The molecule has 0 saturated heterocycles. The largest absolute Gasteiger partial charge is 0.356 e. The Morgan fingerprint density at radius 2 is 1.85 bits per heavy atom. The molecule has 0 aromatic rings. The van der Waals surface area contributed by atoms with Gasteiger partial charge in [0.05, 0.1) is 0 Å². The molecule has 0 unspecified atom stereocenters. The molecule has 1 amide bonds. The third-order valence-electron chi connectivity index (χ3n) is 1.75. The second-order valence-electron chi connectivity index (χ2n) is 3.73. The number of hydrogen-bond acceptors (Lipinski definition) is 2. The predicted molar refractivity (Wildman–Crippen MR) is 52.4 cm³/mol. The van der Waals surface area contributed by atoms with Gasteiger partial charge in [-0.3, -0.25) is 4.79 Å². The van der Waals surface area contributed by atoms with Crippen LogP contribution in [0.2, 0.25) is 0 Å². The summed E-state index contributed by atoms with van der Waals surface area (Å²) in [7, 11) is 0. The summed E-state index contributed by atoms with van der Waals surface area (Å²) in [5, 5.41) is 2.78. The van der Waals surface area contributed by atoms with Crippen LogP contribution in [0, 0.1) is 5.92 Å². The third-order valence-corrected chi connectivity index (χ3v) is 1.75. The van der Waals surface area contributed by atoms with Crippen molar-refractivity contribution >= 4 is 11.7 Å². The molecule has 0 heterocycles. The Morgan fingerprint density at radius 1 is 1.23 bits per heavy atom. The van der Waals surface area contributed by atoms with E-state index >= 15 is 0 Å². The highest BCUT2D eigenvalue weighted by Crippen LogP contribution is 1.97. The summed E-state index contributed by atoms with van der Waals surface area (Å²) < 4.78 is 0. The van der Waals surface area contributed by atoms with Gasteiger partial charge in [-0.05, 0) is 19.3 Å². The van der Waals surface area contributed by atoms with Crippen molar-refractivity contribution in [1.29, 1.82) is 0 Å². The third kappa shape index (κ3) is 9.05. The molecule has 0 bridgehead atoms. The van der Waals surface area contributed by atoms with Gasteiger partial charge in [0, 0.05) is 19.4 Å². The first kappa shape index (κ1) is 12.1. The number of nitrogens with one attached hydrogen (secondary N) is 1. The number of carbonyl (C=O) groups is 2. The molecule has 0 aliphatic carbocycles. The van der Waals surface area contributed by atoms with Gasteiger partial charge in [0.1, 0.15) is 5.78 Å².